The number of rotatable bonds is 1. The standard InChI is InChI=1S/C9H11NO3/c1-5-4-7(12)10(3)9(13)8(5)6(2)11/h4H2,1-3H3. The number of amides is 2. The lowest BCUT2D eigenvalue weighted by atomic mass is 9.98. The first-order valence-electron chi connectivity index (χ1n) is 3.96. The van der Waals surface area contributed by atoms with E-state index >= 15 is 0 Å². The summed E-state index contributed by atoms with van der Waals surface area (Å²) in [5.41, 5.74) is 0.725. The van der Waals surface area contributed by atoms with Crippen LogP contribution in [0.15, 0.2) is 11.1 Å². The Morgan fingerprint density at radius 1 is 1.38 bits per heavy atom. The third-order valence-electron chi connectivity index (χ3n) is 2.09. The van der Waals surface area contributed by atoms with E-state index in [-0.39, 0.29) is 23.7 Å². The van der Waals surface area contributed by atoms with Gasteiger partial charge in [0.25, 0.3) is 5.91 Å². The Morgan fingerprint density at radius 3 is 2.38 bits per heavy atom. The molecule has 2 amide bonds. The van der Waals surface area contributed by atoms with E-state index < -0.39 is 5.91 Å². The van der Waals surface area contributed by atoms with Gasteiger partial charge in [-0.05, 0) is 19.4 Å². The van der Waals surface area contributed by atoms with E-state index in [1.807, 2.05) is 0 Å². The van der Waals surface area contributed by atoms with Gasteiger partial charge in [0.15, 0.2) is 5.78 Å². The Labute approximate surface area is 76.2 Å². The molecule has 1 aliphatic heterocycles. The molecule has 0 aromatic heterocycles. The summed E-state index contributed by atoms with van der Waals surface area (Å²) in [6, 6.07) is 0. The summed E-state index contributed by atoms with van der Waals surface area (Å²) >= 11 is 0. The molecule has 0 saturated carbocycles. The van der Waals surface area contributed by atoms with Crippen LogP contribution < -0.4 is 0 Å². The van der Waals surface area contributed by atoms with Crippen molar-refractivity contribution in [3.8, 4) is 0 Å². The normalized spacial score (nSPS) is 18.2. The summed E-state index contributed by atoms with van der Waals surface area (Å²) in [5.74, 6) is -1.02. The number of Topliss-reactive ketones (excluding diaryl/α,β-unsaturated/α-hetero) is 1. The lowest BCUT2D eigenvalue weighted by Crippen LogP contribution is -2.40. The highest BCUT2D eigenvalue weighted by molar-refractivity contribution is 6.24. The molecule has 0 radical (unpaired) electrons. The van der Waals surface area contributed by atoms with Crippen molar-refractivity contribution in [2.24, 2.45) is 0 Å². The molecule has 0 fully saturated rings. The molecule has 1 rings (SSSR count). The van der Waals surface area contributed by atoms with Crippen molar-refractivity contribution in [1.29, 1.82) is 0 Å². The van der Waals surface area contributed by atoms with Gasteiger partial charge in [0.2, 0.25) is 5.91 Å². The fourth-order valence-electron chi connectivity index (χ4n) is 1.35. The maximum Gasteiger partial charge on any atom is 0.263 e. The van der Waals surface area contributed by atoms with E-state index in [2.05, 4.69) is 0 Å². The lowest BCUT2D eigenvalue weighted by Gasteiger charge is -2.22. The fraction of sp³-hybridized carbons (Fsp3) is 0.444. The van der Waals surface area contributed by atoms with Crippen molar-refractivity contribution >= 4 is 17.6 Å². The quantitative estimate of drug-likeness (QED) is 0.431. The average molecular weight is 181 g/mol. The summed E-state index contributed by atoms with van der Waals surface area (Å²) in [4.78, 5) is 34.6. The van der Waals surface area contributed by atoms with Crippen molar-refractivity contribution in [3.63, 3.8) is 0 Å². The fourth-order valence-corrected chi connectivity index (χ4v) is 1.35. The van der Waals surface area contributed by atoms with E-state index in [0.29, 0.717) is 5.57 Å². The molecule has 0 N–H and O–H groups in total. The van der Waals surface area contributed by atoms with Crippen LogP contribution >= 0.6 is 0 Å². The SMILES string of the molecule is CC(=O)C1=C(C)CC(=O)N(C)C1=O. The van der Waals surface area contributed by atoms with Crippen molar-refractivity contribution in [1.82, 2.24) is 4.90 Å². The maximum absolute atomic E-state index is 11.4. The maximum atomic E-state index is 11.4. The second-order valence-corrected chi connectivity index (χ2v) is 3.15. The smallest absolute Gasteiger partial charge is 0.263 e. The third-order valence-corrected chi connectivity index (χ3v) is 2.09. The predicted molar refractivity (Wildman–Crippen MR) is 45.8 cm³/mol. The van der Waals surface area contributed by atoms with Crippen LogP contribution in [0.25, 0.3) is 0 Å². The monoisotopic (exact) mass is 181 g/mol. The van der Waals surface area contributed by atoms with Crippen LogP contribution in [-0.4, -0.2) is 29.5 Å². The van der Waals surface area contributed by atoms with Gasteiger partial charge in [-0.3, -0.25) is 19.3 Å². The zero-order chi connectivity index (χ0) is 10.2. The van der Waals surface area contributed by atoms with Crippen LogP contribution in [0.2, 0.25) is 0 Å². The van der Waals surface area contributed by atoms with E-state index in [4.69, 9.17) is 0 Å². The lowest BCUT2D eigenvalue weighted by molar-refractivity contribution is -0.142. The summed E-state index contributed by atoms with van der Waals surface area (Å²) < 4.78 is 0. The average Bonchev–Trinajstić information content (AvgIpc) is 1.99. The molecule has 0 unspecified atom stereocenters. The Kier molecular flexibility index (Phi) is 2.32. The number of carbonyl (C=O) groups excluding carboxylic acids is 3. The first-order chi connectivity index (χ1) is 5.95. The Hall–Kier alpha value is -1.45. The van der Waals surface area contributed by atoms with E-state index in [1.54, 1.807) is 6.92 Å². The number of carbonyl (C=O) groups is 3. The molecular formula is C9H11NO3. The largest absolute Gasteiger partial charge is 0.294 e. The van der Waals surface area contributed by atoms with Gasteiger partial charge in [0.05, 0.1) is 5.57 Å². The molecule has 0 aliphatic carbocycles. The second kappa shape index (κ2) is 3.12. The Morgan fingerprint density at radius 2 is 1.92 bits per heavy atom. The zero-order valence-corrected chi connectivity index (χ0v) is 7.88. The van der Waals surface area contributed by atoms with Crippen LogP contribution in [0.1, 0.15) is 20.3 Å². The molecule has 1 heterocycles. The highest BCUT2D eigenvalue weighted by atomic mass is 16.2. The topological polar surface area (TPSA) is 54.5 Å². The Bertz CT molecular complexity index is 328. The van der Waals surface area contributed by atoms with E-state index in [1.165, 1.54) is 14.0 Å². The van der Waals surface area contributed by atoms with Crippen LogP contribution in [0.4, 0.5) is 0 Å². The minimum Gasteiger partial charge on any atom is -0.294 e. The number of likely N-dealkylation sites (N-methyl/N-ethyl adjacent to an activating group) is 1. The van der Waals surface area contributed by atoms with Crippen LogP contribution in [0.3, 0.4) is 0 Å². The zero-order valence-electron chi connectivity index (χ0n) is 7.88. The molecule has 0 aromatic rings. The van der Waals surface area contributed by atoms with Gasteiger partial charge >= 0.3 is 0 Å². The number of nitrogens with zero attached hydrogens (tertiary/aromatic N) is 1. The van der Waals surface area contributed by atoms with E-state index in [9.17, 15) is 14.4 Å². The molecule has 13 heavy (non-hydrogen) atoms. The molecule has 0 atom stereocenters. The van der Waals surface area contributed by atoms with Gasteiger partial charge in [-0.2, -0.15) is 0 Å². The summed E-state index contributed by atoms with van der Waals surface area (Å²) in [7, 11) is 1.39. The number of imide groups is 1. The van der Waals surface area contributed by atoms with Crippen molar-refractivity contribution in [2.45, 2.75) is 20.3 Å². The van der Waals surface area contributed by atoms with Gasteiger partial charge < -0.3 is 0 Å². The van der Waals surface area contributed by atoms with Crippen molar-refractivity contribution < 1.29 is 14.4 Å². The van der Waals surface area contributed by atoms with Gasteiger partial charge in [-0.1, -0.05) is 0 Å². The molecular weight excluding hydrogens is 170 g/mol. The molecule has 4 heteroatoms. The number of hydrogen-bond donors (Lipinski definition) is 0. The number of ketones is 1. The second-order valence-electron chi connectivity index (χ2n) is 3.15. The van der Waals surface area contributed by atoms with Crippen LogP contribution in [-0.2, 0) is 14.4 Å². The molecule has 4 nitrogen and oxygen atoms in total. The van der Waals surface area contributed by atoms with Crippen molar-refractivity contribution in [3.05, 3.63) is 11.1 Å². The highest BCUT2D eigenvalue weighted by Crippen LogP contribution is 2.19. The highest BCUT2D eigenvalue weighted by Gasteiger charge is 2.30. The van der Waals surface area contributed by atoms with Crippen LogP contribution in [0.5, 0.6) is 0 Å². The molecule has 1 aliphatic rings. The predicted octanol–water partition coefficient (Wildman–Crippen LogP) is 0.281. The molecule has 70 valence electrons. The third kappa shape index (κ3) is 1.52. The van der Waals surface area contributed by atoms with E-state index in [0.717, 1.165) is 4.90 Å². The number of hydrogen-bond acceptors (Lipinski definition) is 3. The Balaban J connectivity index is 3.18. The summed E-state index contributed by atoms with van der Waals surface area (Å²) in [6.07, 6.45) is 0.164. The molecule has 0 bridgehead atoms. The van der Waals surface area contributed by atoms with Gasteiger partial charge in [-0.25, -0.2) is 0 Å². The first kappa shape index (κ1) is 9.64. The molecule has 0 saturated heterocycles. The van der Waals surface area contributed by atoms with Gasteiger partial charge in [-0.15, -0.1) is 0 Å². The van der Waals surface area contributed by atoms with Gasteiger partial charge in [0.1, 0.15) is 0 Å². The molecule has 0 spiro atoms. The summed E-state index contributed by atoms with van der Waals surface area (Å²) in [5, 5.41) is 0. The minimum atomic E-state index is -0.485. The van der Waals surface area contributed by atoms with Crippen molar-refractivity contribution in [2.75, 3.05) is 7.05 Å². The van der Waals surface area contributed by atoms with Gasteiger partial charge in [0, 0.05) is 13.5 Å². The minimum absolute atomic E-state index is 0.155. The summed E-state index contributed by atoms with van der Waals surface area (Å²) in [6.45, 7) is 2.97. The first-order valence-corrected chi connectivity index (χ1v) is 3.96. The molecule has 0 aromatic carbocycles. The van der Waals surface area contributed by atoms with Crippen LogP contribution in [0, 0.1) is 0 Å².